The number of hydrogen-bond donors (Lipinski definition) is 3. The Hall–Kier alpha value is -5.17. The predicted molar refractivity (Wildman–Crippen MR) is 214 cm³/mol. The molecule has 0 saturated carbocycles. The van der Waals surface area contributed by atoms with E-state index in [1.807, 2.05) is 25.1 Å². The van der Waals surface area contributed by atoms with E-state index in [2.05, 4.69) is 22.5 Å². The molecule has 286 valence electrons. The number of anilines is 3. The summed E-state index contributed by atoms with van der Waals surface area (Å²) in [6.45, 7) is 9.38. The van der Waals surface area contributed by atoms with Gasteiger partial charge in [-0.05, 0) is 111 Å². The normalized spacial score (nSPS) is 17.3. The molecule has 0 bridgehead atoms. The molecule has 9 nitrogen and oxygen atoms in total. The summed E-state index contributed by atoms with van der Waals surface area (Å²) in [4.78, 5) is 46.6. The molecule has 0 aliphatic carbocycles. The molecule has 55 heavy (non-hydrogen) atoms. The highest BCUT2D eigenvalue weighted by atomic mass is 32.1. The van der Waals surface area contributed by atoms with Crippen LogP contribution in [0.3, 0.4) is 0 Å². The Balaban J connectivity index is 1.07. The number of halogens is 2. The van der Waals surface area contributed by atoms with Crippen LogP contribution in [0.5, 0.6) is 0 Å². The number of fused-ring (bicyclic) bond motifs is 3. The van der Waals surface area contributed by atoms with Crippen LogP contribution in [-0.4, -0.2) is 61.5 Å². The number of carbonyl (C=O) groups excluding carboxylic acids is 3. The summed E-state index contributed by atoms with van der Waals surface area (Å²) in [6.07, 6.45) is 8.23. The number of aryl methyl sites for hydroxylation is 2. The molecule has 3 aromatic carbocycles. The molecule has 1 aromatic heterocycles. The van der Waals surface area contributed by atoms with Crippen LogP contribution in [0, 0.1) is 30.9 Å². The molecule has 1 spiro atoms. The van der Waals surface area contributed by atoms with Gasteiger partial charge in [-0.15, -0.1) is 11.3 Å². The van der Waals surface area contributed by atoms with Gasteiger partial charge >= 0.3 is 0 Å². The number of allylic oxidation sites excluding steroid dienone is 2. The first kappa shape index (κ1) is 38.1. The lowest BCUT2D eigenvalue weighted by Crippen LogP contribution is -2.62. The molecule has 3 amide bonds. The monoisotopic (exact) mass is 765 g/mol. The van der Waals surface area contributed by atoms with E-state index in [0.717, 1.165) is 78.9 Å². The third kappa shape index (κ3) is 7.85. The average molecular weight is 766 g/mol. The number of likely N-dealkylation sites (tertiary alicyclic amines) is 1. The van der Waals surface area contributed by atoms with Crippen molar-refractivity contribution in [2.24, 2.45) is 11.1 Å². The number of thiophene rings is 1. The Morgan fingerprint density at radius 2 is 1.75 bits per heavy atom. The molecule has 1 atom stereocenters. The van der Waals surface area contributed by atoms with Crippen molar-refractivity contribution in [1.29, 1.82) is 0 Å². The van der Waals surface area contributed by atoms with E-state index < -0.39 is 17.5 Å². The lowest BCUT2D eigenvalue weighted by Gasteiger charge is -2.55. The topological polar surface area (TPSA) is 117 Å². The highest BCUT2D eigenvalue weighted by Crippen LogP contribution is 2.44. The number of nitrogens with zero attached hydrogens (tertiary/aromatic N) is 2. The van der Waals surface area contributed by atoms with Crippen LogP contribution in [-0.2, 0) is 16.0 Å². The molecule has 7 rings (SSSR count). The number of ether oxygens (including phenoxy) is 1. The van der Waals surface area contributed by atoms with Crippen molar-refractivity contribution in [2.45, 2.75) is 52.5 Å². The zero-order valence-corrected chi connectivity index (χ0v) is 32.0. The summed E-state index contributed by atoms with van der Waals surface area (Å²) >= 11 is 1.27. The van der Waals surface area contributed by atoms with Crippen molar-refractivity contribution in [3.05, 3.63) is 123 Å². The number of nitrogens with two attached hydrogens (primary N) is 1. The van der Waals surface area contributed by atoms with E-state index in [0.29, 0.717) is 34.7 Å². The average Bonchev–Trinajstić information content (AvgIpc) is 3.52. The Morgan fingerprint density at radius 1 is 1.00 bits per heavy atom. The minimum absolute atomic E-state index is 0.0607. The minimum atomic E-state index is -0.841. The number of benzene rings is 3. The molecule has 3 aliphatic rings. The fourth-order valence-electron chi connectivity index (χ4n) is 7.99. The van der Waals surface area contributed by atoms with Crippen LogP contribution in [0.4, 0.5) is 25.8 Å². The molecule has 3 aliphatic heterocycles. The molecule has 1 unspecified atom stereocenters. The molecular weight excluding hydrogens is 721 g/mol. The van der Waals surface area contributed by atoms with E-state index in [4.69, 9.17) is 10.5 Å². The zero-order valence-electron chi connectivity index (χ0n) is 31.2. The number of rotatable bonds is 9. The Labute approximate surface area is 323 Å². The van der Waals surface area contributed by atoms with Crippen LogP contribution in [0.15, 0.2) is 84.6 Å². The Bertz CT molecular complexity index is 2160. The molecule has 0 radical (unpaired) electrons. The quantitative estimate of drug-likeness (QED) is 0.118. The van der Waals surface area contributed by atoms with Gasteiger partial charge in [0, 0.05) is 77.6 Å². The number of carbonyl (C=O) groups is 3. The molecule has 4 N–H and O–H groups in total. The molecule has 2 saturated heterocycles. The van der Waals surface area contributed by atoms with Gasteiger partial charge < -0.3 is 26.0 Å². The van der Waals surface area contributed by atoms with Gasteiger partial charge in [0.05, 0.1) is 16.3 Å². The van der Waals surface area contributed by atoms with Crippen molar-refractivity contribution in [3.63, 3.8) is 0 Å². The van der Waals surface area contributed by atoms with Crippen molar-refractivity contribution < 1.29 is 27.9 Å². The number of nitrogens with one attached hydrogen (secondary N) is 2. The summed E-state index contributed by atoms with van der Waals surface area (Å²) in [6, 6.07) is 16.4. The Morgan fingerprint density at radius 3 is 2.44 bits per heavy atom. The first-order valence-electron chi connectivity index (χ1n) is 18.6. The fourth-order valence-corrected chi connectivity index (χ4v) is 9.13. The number of amides is 3. The summed E-state index contributed by atoms with van der Waals surface area (Å²) in [5.74, 6) is -2.46. The van der Waals surface area contributed by atoms with Gasteiger partial charge in [0.2, 0.25) is 0 Å². The van der Waals surface area contributed by atoms with Crippen molar-refractivity contribution in [3.8, 4) is 10.4 Å². The smallest absolute Gasteiger partial charge is 0.265 e. The third-order valence-electron chi connectivity index (χ3n) is 10.9. The van der Waals surface area contributed by atoms with Gasteiger partial charge in [-0.1, -0.05) is 25.1 Å². The number of hydrogen-bond acceptors (Lipinski definition) is 7. The zero-order chi connectivity index (χ0) is 38.9. The van der Waals surface area contributed by atoms with Crippen LogP contribution < -0.4 is 21.3 Å². The second-order valence-corrected chi connectivity index (χ2v) is 15.8. The van der Waals surface area contributed by atoms with Gasteiger partial charge in [-0.25, -0.2) is 8.78 Å². The van der Waals surface area contributed by atoms with Crippen molar-refractivity contribution in [2.75, 3.05) is 48.4 Å². The maximum absolute atomic E-state index is 14.5. The van der Waals surface area contributed by atoms with Gasteiger partial charge in [-0.2, -0.15) is 0 Å². The summed E-state index contributed by atoms with van der Waals surface area (Å²) in [7, 11) is 0. The van der Waals surface area contributed by atoms with Crippen LogP contribution in [0.1, 0.15) is 62.9 Å². The maximum Gasteiger partial charge on any atom is 0.265 e. The molecular formula is C43H45F2N5O4S. The van der Waals surface area contributed by atoms with Gasteiger partial charge in [0.25, 0.3) is 17.7 Å². The van der Waals surface area contributed by atoms with E-state index in [1.165, 1.54) is 30.5 Å². The summed E-state index contributed by atoms with van der Waals surface area (Å²) < 4.78 is 33.8. The lowest BCUT2D eigenvalue weighted by molar-refractivity contribution is -0.116. The fraction of sp³-hybridized carbons (Fsp3) is 0.326. The molecule has 4 heterocycles. The SMILES string of the molecule is CCC(/C(=C\C=C/N)C(=O)Nc1ccc(C(=O)N2CCc3cc(C(=O)Nc4c(C)cc(F)cc4F)sc3-c3ccc(C)cc32)cc1)N1CC2(CCOCC2)C1. The first-order valence-corrected chi connectivity index (χ1v) is 19.4. The van der Waals surface area contributed by atoms with E-state index >= 15 is 0 Å². The van der Waals surface area contributed by atoms with E-state index in [1.54, 1.807) is 47.4 Å². The largest absolute Gasteiger partial charge is 0.405 e. The molecule has 2 fully saturated rings. The van der Waals surface area contributed by atoms with E-state index in [9.17, 15) is 23.2 Å². The molecule has 12 heteroatoms. The minimum Gasteiger partial charge on any atom is -0.405 e. The van der Waals surface area contributed by atoms with Gasteiger partial charge in [0.1, 0.15) is 11.6 Å². The van der Waals surface area contributed by atoms with Crippen molar-refractivity contribution >= 4 is 46.1 Å². The third-order valence-corrected chi connectivity index (χ3v) is 12.1. The van der Waals surface area contributed by atoms with Gasteiger partial charge in [0.15, 0.2) is 0 Å². The van der Waals surface area contributed by atoms with Crippen LogP contribution in [0.2, 0.25) is 0 Å². The van der Waals surface area contributed by atoms with Crippen LogP contribution >= 0.6 is 11.3 Å². The standard InChI is InChI=1S/C43H45F2N5O4S/c1-4-35(49-24-43(25-49)14-18-54-19-15-43)33(6-5-16-46)40(51)47-31-10-8-28(9-11-31)42(53)50-17-13-29-22-37(55-39(29)32-12-7-26(2)20-36(32)50)41(52)48-38-27(3)21-30(44)23-34(38)45/h5-12,16,20-23,35H,4,13-15,17-19,24-25,46H2,1-3H3,(H,47,51)(H,48,52)/b16-5-,33-6+. The van der Waals surface area contributed by atoms with E-state index in [-0.39, 0.29) is 34.5 Å². The Kier molecular flexibility index (Phi) is 11.0. The highest BCUT2D eigenvalue weighted by molar-refractivity contribution is 7.17. The maximum atomic E-state index is 14.5. The second-order valence-electron chi connectivity index (χ2n) is 14.7. The predicted octanol–water partition coefficient (Wildman–Crippen LogP) is 7.99. The second kappa shape index (κ2) is 15.9. The summed E-state index contributed by atoms with van der Waals surface area (Å²) in [5, 5.41) is 5.65. The highest BCUT2D eigenvalue weighted by Gasteiger charge is 2.47. The van der Waals surface area contributed by atoms with Crippen molar-refractivity contribution in [1.82, 2.24) is 4.90 Å². The van der Waals surface area contributed by atoms with Crippen LogP contribution in [0.25, 0.3) is 10.4 Å². The van der Waals surface area contributed by atoms with Gasteiger partial charge in [-0.3, -0.25) is 19.3 Å². The molecule has 4 aromatic rings. The first-order chi connectivity index (χ1) is 26.5. The lowest BCUT2D eigenvalue weighted by atomic mass is 9.72. The summed E-state index contributed by atoms with van der Waals surface area (Å²) in [5.41, 5.74) is 11.2.